The monoisotopic (exact) mass is 257 g/mol. The SMILES string of the molecule is Cc1c(-c2ccc(C(C)(C)C)cc2)c(CN)nn1C. The molecule has 3 heteroatoms. The van der Waals surface area contributed by atoms with Gasteiger partial charge in [0, 0.05) is 24.8 Å². The van der Waals surface area contributed by atoms with Crippen molar-refractivity contribution < 1.29 is 0 Å². The summed E-state index contributed by atoms with van der Waals surface area (Å²) in [5.74, 6) is 0. The van der Waals surface area contributed by atoms with Crippen LogP contribution in [0.4, 0.5) is 0 Å². The fourth-order valence-corrected chi connectivity index (χ4v) is 2.33. The molecule has 0 amide bonds. The summed E-state index contributed by atoms with van der Waals surface area (Å²) < 4.78 is 1.90. The second-order valence-corrected chi connectivity index (χ2v) is 6.06. The van der Waals surface area contributed by atoms with Crippen LogP contribution in [0.25, 0.3) is 11.1 Å². The van der Waals surface area contributed by atoms with Crippen LogP contribution in [0, 0.1) is 6.92 Å². The van der Waals surface area contributed by atoms with Gasteiger partial charge in [0.2, 0.25) is 0 Å². The van der Waals surface area contributed by atoms with Gasteiger partial charge in [0.25, 0.3) is 0 Å². The zero-order chi connectivity index (χ0) is 14.2. The molecule has 0 fully saturated rings. The first-order valence-corrected chi connectivity index (χ1v) is 6.68. The summed E-state index contributed by atoms with van der Waals surface area (Å²) in [4.78, 5) is 0. The van der Waals surface area contributed by atoms with Crippen molar-refractivity contribution in [2.45, 2.75) is 39.7 Å². The first kappa shape index (κ1) is 13.8. The minimum atomic E-state index is 0.180. The highest BCUT2D eigenvalue weighted by Gasteiger charge is 2.16. The Morgan fingerprint density at radius 3 is 2.21 bits per heavy atom. The van der Waals surface area contributed by atoms with Crippen molar-refractivity contribution in [2.24, 2.45) is 12.8 Å². The topological polar surface area (TPSA) is 43.8 Å². The van der Waals surface area contributed by atoms with Gasteiger partial charge in [-0.1, -0.05) is 45.0 Å². The third kappa shape index (κ3) is 2.56. The Labute approximate surface area is 115 Å². The van der Waals surface area contributed by atoms with Crippen LogP contribution in [0.2, 0.25) is 0 Å². The van der Waals surface area contributed by atoms with E-state index in [0.717, 1.165) is 11.4 Å². The van der Waals surface area contributed by atoms with Crippen LogP contribution in [-0.4, -0.2) is 9.78 Å². The van der Waals surface area contributed by atoms with Gasteiger partial charge >= 0.3 is 0 Å². The summed E-state index contributed by atoms with van der Waals surface area (Å²) in [7, 11) is 1.96. The molecule has 0 radical (unpaired) electrons. The lowest BCUT2D eigenvalue weighted by molar-refractivity contribution is 0.590. The smallest absolute Gasteiger partial charge is 0.0841 e. The first-order valence-electron chi connectivity index (χ1n) is 6.68. The molecule has 0 bridgehead atoms. The van der Waals surface area contributed by atoms with E-state index in [1.165, 1.54) is 16.7 Å². The summed E-state index contributed by atoms with van der Waals surface area (Å²) in [6.07, 6.45) is 0. The summed E-state index contributed by atoms with van der Waals surface area (Å²) in [6, 6.07) is 8.73. The zero-order valence-electron chi connectivity index (χ0n) is 12.5. The van der Waals surface area contributed by atoms with E-state index in [1.807, 2.05) is 11.7 Å². The quantitative estimate of drug-likeness (QED) is 0.898. The van der Waals surface area contributed by atoms with Gasteiger partial charge < -0.3 is 5.73 Å². The number of aryl methyl sites for hydroxylation is 1. The number of aromatic nitrogens is 2. The Hall–Kier alpha value is -1.61. The van der Waals surface area contributed by atoms with Crippen molar-refractivity contribution in [3.63, 3.8) is 0 Å². The van der Waals surface area contributed by atoms with Crippen molar-refractivity contribution in [3.8, 4) is 11.1 Å². The van der Waals surface area contributed by atoms with E-state index in [2.05, 4.69) is 57.1 Å². The molecule has 0 saturated carbocycles. The zero-order valence-corrected chi connectivity index (χ0v) is 12.5. The van der Waals surface area contributed by atoms with Gasteiger partial charge in [0.1, 0.15) is 0 Å². The van der Waals surface area contributed by atoms with Gasteiger partial charge in [0.15, 0.2) is 0 Å². The third-order valence-corrected chi connectivity index (χ3v) is 3.64. The molecule has 1 aromatic heterocycles. The molecule has 102 valence electrons. The van der Waals surface area contributed by atoms with Crippen LogP contribution in [-0.2, 0) is 19.0 Å². The largest absolute Gasteiger partial charge is 0.325 e. The van der Waals surface area contributed by atoms with Crippen LogP contribution < -0.4 is 5.73 Å². The Bertz CT molecular complexity index is 571. The lowest BCUT2D eigenvalue weighted by atomic mass is 9.86. The van der Waals surface area contributed by atoms with E-state index in [-0.39, 0.29) is 5.41 Å². The maximum Gasteiger partial charge on any atom is 0.0841 e. The minimum Gasteiger partial charge on any atom is -0.325 e. The number of nitrogens with two attached hydrogens (primary N) is 1. The molecule has 0 aliphatic rings. The molecule has 3 nitrogen and oxygen atoms in total. The van der Waals surface area contributed by atoms with Crippen molar-refractivity contribution in [1.29, 1.82) is 0 Å². The maximum atomic E-state index is 5.79. The second-order valence-electron chi connectivity index (χ2n) is 6.06. The van der Waals surface area contributed by atoms with E-state index in [4.69, 9.17) is 5.73 Å². The summed E-state index contributed by atoms with van der Waals surface area (Å²) in [5.41, 5.74) is 11.8. The maximum absolute atomic E-state index is 5.79. The van der Waals surface area contributed by atoms with Crippen LogP contribution in [0.1, 0.15) is 37.7 Å². The molecule has 19 heavy (non-hydrogen) atoms. The number of nitrogens with zero attached hydrogens (tertiary/aromatic N) is 2. The number of hydrogen-bond acceptors (Lipinski definition) is 2. The molecular formula is C16H23N3. The van der Waals surface area contributed by atoms with Crippen molar-refractivity contribution in [2.75, 3.05) is 0 Å². The normalized spacial score (nSPS) is 11.9. The van der Waals surface area contributed by atoms with Gasteiger partial charge in [-0.05, 0) is 23.5 Å². The fourth-order valence-electron chi connectivity index (χ4n) is 2.33. The minimum absolute atomic E-state index is 0.180. The van der Waals surface area contributed by atoms with E-state index in [0.29, 0.717) is 6.54 Å². The second kappa shape index (κ2) is 4.82. The van der Waals surface area contributed by atoms with Crippen molar-refractivity contribution >= 4 is 0 Å². The molecule has 2 rings (SSSR count). The van der Waals surface area contributed by atoms with Gasteiger partial charge in [-0.25, -0.2) is 0 Å². The Balaban J connectivity index is 2.49. The molecule has 0 aliphatic carbocycles. The predicted molar refractivity (Wildman–Crippen MR) is 80.0 cm³/mol. The van der Waals surface area contributed by atoms with E-state index in [1.54, 1.807) is 0 Å². The molecule has 0 saturated heterocycles. The highest BCUT2D eigenvalue weighted by atomic mass is 15.3. The van der Waals surface area contributed by atoms with Crippen molar-refractivity contribution in [1.82, 2.24) is 9.78 Å². The first-order chi connectivity index (χ1) is 8.84. The van der Waals surface area contributed by atoms with Crippen molar-refractivity contribution in [3.05, 3.63) is 41.2 Å². The highest BCUT2D eigenvalue weighted by Crippen LogP contribution is 2.29. The Morgan fingerprint density at radius 2 is 1.74 bits per heavy atom. The predicted octanol–water partition coefficient (Wildman–Crippen LogP) is 3.15. The Kier molecular flexibility index (Phi) is 3.50. The summed E-state index contributed by atoms with van der Waals surface area (Å²) in [5, 5.41) is 4.47. The lowest BCUT2D eigenvalue weighted by Gasteiger charge is -2.19. The standard InChI is InChI=1S/C16H23N3/c1-11-15(14(10-17)18-19(11)5)12-6-8-13(9-7-12)16(2,3)4/h6-9H,10,17H2,1-5H3. The van der Waals surface area contributed by atoms with Gasteiger partial charge in [-0.3, -0.25) is 4.68 Å². The van der Waals surface area contributed by atoms with Gasteiger partial charge in [-0.15, -0.1) is 0 Å². The van der Waals surface area contributed by atoms with Gasteiger partial charge in [0.05, 0.1) is 5.69 Å². The molecule has 0 unspecified atom stereocenters. The molecule has 1 heterocycles. The van der Waals surface area contributed by atoms with E-state index in [9.17, 15) is 0 Å². The molecule has 0 atom stereocenters. The molecule has 2 N–H and O–H groups in total. The molecule has 1 aromatic carbocycles. The fraction of sp³-hybridized carbons (Fsp3) is 0.438. The van der Waals surface area contributed by atoms with Crippen LogP contribution in [0.15, 0.2) is 24.3 Å². The van der Waals surface area contributed by atoms with E-state index >= 15 is 0 Å². The average molecular weight is 257 g/mol. The molecule has 0 spiro atoms. The third-order valence-electron chi connectivity index (χ3n) is 3.64. The van der Waals surface area contributed by atoms with E-state index < -0.39 is 0 Å². The summed E-state index contributed by atoms with van der Waals surface area (Å²) >= 11 is 0. The number of benzene rings is 1. The molecular weight excluding hydrogens is 234 g/mol. The number of rotatable bonds is 2. The number of hydrogen-bond donors (Lipinski definition) is 1. The van der Waals surface area contributed by atoms with Crippen LogP contribution >= 0.6 is 0 Å². The highest BCUT2D eigenvalue weighted by molar-refractivity contribution is 5.69. The Morgan fingerprint density at radius 1 is 1.16 bits per heavy atom. The van der Waals surface area contributed by atoms with Gasteiger partial charge in [-0.2, -0.15) is 5.10 Å². The molecule has 2 aromatic rings. The lowest BCUT2D eigenvalue weighted by Crippen LogP contribution is -2.10. The molecule has 0 aliphatic heterocycles. The average Bonchev–Trinajstić information content (AvgIpc) is 2.64. The van der Waals surface area contributed by atoms with Crippen LogP contribution in [0.5, 0.6) is 0 Å². The summed E-state index contributed by atoms with van der Waals surface area (Å²) in [6.45, 7) is 9.23. The van der Waals surface area contributed by atoms with Crippen LogP contribution in [0.3, 0.4) is 0 Å².